The highest BCUT2D eigenvalue weighted by atomic mass is 16.6. The number of rotatable bonds is 5. The number of hydrogen-bond acceptors (Lipinski definition) is 5. The van der Waals surface area contributed by atoms with Crippen molar-refractivity contribution in [2.45, 2.75) is 13.5 Å². The number of nitro groups is 1. The number of aryl methyl sites for hydroxylation is 1. The molecule has 8 nitrogen and oxygen atoms in total. The van der Waals surface area contributed by atoms with E-state index in [-0.39, 0.29) is 23.7 Å². The molecule has 152 valence electrons. The van der Waals surface area contributed by atoms with Crippen molar-refractivity contribution >= 4 is 17.5 Å². The fourth-order valence-corrected chi connectivity index (χ4v) is 3.32. The summed E-state index contributed by atoms with van der Waals surface area (Å²) in [5, 5.41) is 14.0. The van der Waals surface area contributed by atoms with E-state index < -0.39 is 10.8 Å². The van der Waals surface area contributed by atoms with Crippen LogP contribution < -0.4 is 5.32 Å². The summed E-state index contributed by atoms with van der Waals surface area (Å²) in [6.45, 7) is 4.96. The summed E-state index contributed by atoms with van der Waals surface area (Å²) in [6, 6.07) is 11.7. The molecular formula is C21H24N4O4. The fourth-order valence-electron chi connectivity index (χ4n) is 3.32. The van der Waals surface area contributed by atoms with Crippen molar-refractivity contribution in [2.75, 3.05) is 33.2 Å². The Balaban J connectivity index is 1.62. The molecule has 1 heterocycles. The van der Waals surface area contributed by atoms with Crippen LogP contribution in [0.3, 0.4) is 0 Å². The molecule has 0 bridgehead atoms. The Hall–Kier alpha value is -3.26. The second kappa shape index (κ2) is 8.83. The van der Waals surface area contributed by atoms with Crippen molar-refractivity contribution in [2.24, 2.45) is 0 Å². The van der Waals surface area contributed by atoms with E-state index in [1.807, 2.05) is 11.9 Å². The Labute approximate surface area is 169 Å². The third-order valence-electron chi connectivity index (χ3n) is 5.11. The third-order valence-corrected chi connectivity index (χ3v) is 5.11. The molecule has 8 heteroatoms. The van der Waals surface area contributed by atoms with Crippen LogP contribution in [0.5, 0.6) is 0 Å². The molecule has 2 aromatic rings. The van der Waals surface area contributed by atoms with E-state index in [4.69, 9.17) is 0 Å². The van der Waals surface area contributed by atoms with Gasteiger partial charge in [0.1, 0.15) is 5.56 Å². The Morgan fingerprint density at radius 2 is 1.72 bits per heavy atom. The molecule has 3 rings (SSSR count). The summed E-state index contributed by atoms with van der Waals surface area (Å²) in [6.07, 6.45) is 0. The topological polar surface area (TPSA) is 95.8 Å². The zero-order chi connectivity index (χ0) is 21.0. The minimum absolute atomic E-state index is 0.00377. The molecule has 0 spiro atoms. The summed E-state index contributed by atoms with van der Waals surface area (Å²) in [4.78, 5) is 39.7. The minimum Gasteiger partial charge on any atom is -0.348 e. The summed E-state index contributed by atoms with van der Waals surface area (Å²) >= 11 is 0. The second-order valence-electron chi connectivity index (χ2n) is 7.20. The lowest BCUT2D eigenvalue weighted by atomic mass is 10.1. The van der Waals surface area contributed by atoms with E-state index in [9.17, 15) is 19.7 Å². The van der Waals surface area contributed by atoms with Crippen molar-refractivity contribution in [3.05, 3.63) is 74.8 Å². The maximum absolute atomic E-state index is 12.6. The molecule has 1 fully saturated rings. The SMILES string of the molecule is Cc1cccc(C(=O)NCc2ccc(C(=O)N3CCN(C)CC3)cc2)c1[N+](=O)[O-]. The quantitative estimate of drug-likeness (QED) is 0.618. The van der Waals surface area contributed by atoms with Crippen LogP contribution in [0, 0.1) is 17.0 Å². The molecule has 1 N–H and O–H groups in total. The molecule has 2 aromatic carbocycles. The molecule has 0 saturated carbocycles. The lowest BCUT2D eigenvalue weighted by Crippen LogP contribution is -2.47. The monoisotopic (exact) mass is 396 g/mol. The molecule has 1 aliphatic rings. The Morgan fingerprint density at radius 1 is 1.07 bits per heavy atom. The van der Waals surface area contributed by atoms with Gasteiger partial charge in [0, 0.05) is 43.9 Å². The first-order valence-electron chi connectivity index (χ1n) is 9.46. The first-order chi connectivity index (χ1) is 13.9. The van der Waals surface area contributed by atoms with Crippen molar-refractivity contribution in [1.82, 2.24) is 15.1 Å². The van der Waals surface area contributed by atoms with Crippen LogP contribution in [-0.2, 0) is 6.54 Å². The number of carbonyl (C=O) groups is 2. The maximum Gasteiger partial charge on any atom is 0.285 e. The van der Waals surface area contributed by atoms with Gasteiger partial charge in [-0.15, -0.1) is 0 Å². The minimum atomic E-state index is -0.539. The van der Waals surface area contributed by atoms with Crippen molar-refractivity contribution in [1.29, 1.82) is 0 Å². The first-order valence-corrected chi connectivity index (χ1v) is 9.46. The number of nitro benzene ring substituents is 1. The molecule has 0 aromatic heterocycles. The molecule has 2 amide bonds. The van der Waals surface area contributed by atoms with Crippen LogP contribution in [0.1, 0.15) is 31.8 Å². The molecular weight excluding hydrogens is 372 g/mol. The van der Waals surface area contributed by atoms with E-state index in [2.05, 4.69) is 10.2 Å². The number of hydrogen-bond donors (Lipinski definition) is 1. The second-order valence-corrected chi connectivity index (χ2v) is 7.20. The number of benzene rings is 2. The lowest BCUT2D eigenvalue weighted by molar-refractivity contribution is -0.385. The zero-order valence-corrected chi connectivity index (χ0v) is 16.6. The molecule has 0 aliphatic carbocycles. The van der Waals surface area contributed by atoms with E-state index >= 15 is 0 Å². The Morgan fingerprint density at radius 3 is 2.34 bits per heavy atom. The van der Waals surface area contributed by atoms with Crippen LogP contribution in [0.4, 0.5) is 5.69 Å². The van der Waals surface area contributed by atoms with Gasteiger partial charge in [0.25, 0.3) is 17.5 Å². The largest absolute Gasteiger partial charge is 0.348 e. The van der Waals surface area contributed by atoms with Crippen molar-refractivity contribution in [3.63, 3.8) is 0 Å². The average molecular weight is 396 g/mol. The zero-order valence-electron chi connectivity index (χ0n) is 16.6. The van der Waals surface area contributed by atoms with Gasteiger partial charge in [0.15, 0.2) is 0 Å². The smallest absolute Gasteiger partial charge is 0.285 e. The fraction of sp³-hybridized carbons (Fsp3) is 0.333. The van der Waals surface area contributed by atoms with Crippen molar-refractivity contribution < 1.29 is 14.5 Å². The number of amides is 2. The third kappa shape index (κ3) is 4.78. The van der Waals surface area contributed by atoms with Gasteiger partial charge in [-0.2, -0.15) is 0 Å². The summed E-state index contributed by atoms with van der Waals surface area (Å²) in [7, 11) is 2.04. The maximum atomic E-state index is 12.6. The number of para-hydroxylation sites is 1. The van der Waals surface area contributed by atoms with E-state index in [1.54, 1.807) is 43.3 Å². The van der Waals surface area contributed by atoms with Gasteiger partial charge >= 0.3 is 0 Å². The molecule has 29 heavy (non-hydrogen) atoms. The predicted molar refractivity (Wildman–Crippen MR) is 109 cm³/mol. The molecule has 1 aliphatic heterocycles. The predicted octanol–water partition coefficient (Wildman–Crippen LogP) is 2.22. The molecule has 0 atom stereocenters. The van der Waals surface area contributed by atoms with E-state index in [0.717, 1.165) is 18.7 Å². The van der Waals surface area contributed by atoms with E-state index in [0.29, 0.717) is 24.2 Å². The van der Waals surface area contributed by atoms with Gasteiger partial charge in [-0.05, 0) is 37.7 Å². The van der Waals surface area contributed by atoms with Gasteiger partial charge in [-0.25, -0.2) is 0 Å². The van der Waals surface area contributed by atoms with Gasteiger partial charge in [-0.3, -0.25) is 19.7 Å². The lowest BCUT2D eigenvalue weighted by Gasteiger charge is -2.32. The Bertz CT molecular complexity index is 919. The average Bonchev–Trinajstić information content (AvgIpc) is 2.72. The number of likely N-dealkylation sites (N-methyl/N-ethyl adjacent to an activating group) is 1. The molecule has 1 saturated heterocycles. The number of carbonyl (C=O) groups excluding carboxylic acids is 2. The van der Waals surface area contributed by atoms with Gasteiger partial charge in [0.05, 0.1) is 4.92 Å². The van der Waals surface area contributed by atoms with Gasteiger partial charge in [-0.1, -0.05) is 24.3 Å². The van der Waals surface area contributed by atoms with Crippen LogP contribution >= 0.6 is 0 Å². The Kier molecular flexibility index (Phi) is 6.23. The summed E-state index contributed by atoms with van der Waals surface area (Å²) in [5.41, 5.74) is 1.71. The number of nitrogens with zero attached hydrogens (tertiary/aromatic N) is 3. The molecule has 0 unspecified atom stereocenters. The normalized spacial score (nSPS) is 14.5. The summed E-state index contributed by atoms with van der Waals surface area (Å²) in [5.74, 6) is -0.498. The summed E-state index contributed by atoms with van der Waals surface area (Å²) < 4.78 is 0. The van der Waals surface area contributed by atoms with Gasteiger partial charge in [0.2, 0.25) is 0 Å². The number of piperazine rings is 1. The van der Waals surface area contributed by atoms with Gasteiger partial charge < -0.3 is 15.1 Å². The van der Waals surface area contributed by atoms with Crippen LogP contribution in [0.15, 0.2) is 42.5 Å². The van der Waals surface area contributed by atoms with Crippen molar-refractivity contribution in [3.8, 4) is 0 Å². The highest BCUT2D eigenvalue weighted by Gasteiger charge is 2.22. The van der Waals surface area contributed by atoms with Crippen LogP contribution in [-0.4, -0.2) is 59.8 Å². The van der Waals surface area contributed by atoms with E-state index in [1.165, 1.54) is 6.07 Å². The highest BCUT2D eigenvalue weighted by Crippen LogP contribution is 2.23. The highest BCUT2D eigenvalue weighted by molar-refractivity contribution is 5.98. The van der Waals surface area contributed by atoms with Crippen LogP contribution in [0.25, 0.3) is 0 Å². The standard InChI is InChI=1S/C21H24N4O4/c1-15-4-3-5-18(19(15)25(28)29)20(26)22-14-16-6-8-17(9-7-16)21(27)24-12-10-23(2)11-13-24/h3-9H,10-14H2,1-2H3,(H,22,26). The molecule has 0 radical (unpaired) electrons. The number of nitrogens with one attached hydrogen (secondary N) is 1. The van der Waals surface area contributed by atoms with Crippen LogP contribution in [0.2, 0.25) is 0 Å². The first kappa shape index (κ1) is 20.5.